The lowest BCUT2D eigenvalue weighted by Gasteiger charge is -2.06. The van der Waals surface area contributed by atoms with E-state index in [2.05, 4.69) is 35.3 Å². The smallest absolute Gasteiger partial charge is 0.0736 e. The van der Waals surface area contributed by atoms with Crippen molar-refractivity contribution < 1.29 is 0 Å². The molecule has 3 rings (SSSR count). The summed E-state index contributed by atoms with van der Waals surface area (Å²) in [5, 5.41) is 0. The first-order chi connectivity index (χ1) is 7.45. The van der Waals surface area contributed by atoms with Crippen molar-refractivity contribution in [3.63, 3.8) is 0 Å². The van der Waals surface area contributed by atoms with Gasteiger partial charge in [0.05, 0.1) is 5.69 Å². The third-order valence-corrected chi connectivity index (χ3v) is 3.06. The van der Waals surface area contributed by atoms with Crippen LogP contribution in [0.1, 0.15) is 17.5 Å². The second-order valence-electron chi connectivity index (χ2n) is 4.02. The van der Waals surface area contributed by atoms with Crippen molar-refractivity contribution in [2.24, 2.45) is 0 Å². The summed E-state index contributed by atoms with van der Waals surface area (Å²) >= 11 is 0. The molecule has 2 aromatic rings. The third-order valence-electron chi connectivity index (χ3n) is 3.06. The molecule has 1 aromatic heterocycles. The first-order valence-electron chi connectivity index (χ1n) is 5.47. The van der Waals surface area contributed by atoms with Gasteiger partial charge in [-0.3, -0.25) is 4.98 Å². The summed E-state index contributed by atoms with van der Waals surface area (Å²) in [6, 6.07) is 12.9. The minimum atomic E-state index is 1.15. The predicted octanol–water partition coefficient (Wildman–Crippen LogP) is 3.24. The molecular formula is C14H13N. The van der Waals surface area contributed by atoms with Crippen LogP contribution in [0.25, 0.3) is 11.3 Å². The average molecular weight is 195 g/mol. The van der Waals surface area contributed by atoms with Gasteiger partial charge in [-0.1, -0.05) is 30.3 Å². The van der Waals surface area contributed by atoms with E-state index in [1.54, 1.807) is 0 Å². The standard InChI is InChI=1S/C14H13N/c1-2-9-13-11(5-1)6-3-7-12-8-4-10-15-14(12)13/h1-2,4-5,8-10H,3,6-7H2. The second-order valence-corrected chi connectivity index (χ2v) is 4.02. The molecule has 1 aliphatic carbocycles. The highest BCUT2D eigenvalue weighted by Gasteiger charge is 2.13. The van der Waals surface area contributed by atoms with E-state index in [0.29, 0.717) is 0 Å². The number of aromatic nitrogens is 1. The van der Waals surface area contributed by atoms with Crippen molar-refractivity contribution in [1.82, 2.24) is 4.98 Å². The fraction of sp³-hybridized carbons (Fsp3) is 0.214. The van der Waals surface area contributed by atoms with Crippen molar-refractivity contribution in [2.75, 3.05) is 0 Å². The monoisotopic (exact) mass is 195 g/mol. The molecule has 1 aromatic carbocycles. The molecule has 0 amide bonds. The minimum Gasteiger partial charge on any atom is -0.256 e. The molecule has 1 nitrogen and oxygen atoms in total. The number of aryl methyl sites for hydroxylation is 2. The van der Waals surface area contributed by atoms with Crippen LogP contribution >= 0.6 is 0 Å². The van der Waals surface area contributed by atoms with Gasteiger partial charge in [-0.2, -0.15) is 0 Å². The van der Waals surface area contributed by atoms with Crippen LogP contribution in [0.4, 0.5) is 0 Å². The van der Waals surface area contributed by atoms with Crippen LogP contribution in [0.15, 0.2) is 42.6 Å². The summed E-state index contributed by atoms with van der Waals surface area (Å²) in [5.74, 6) is 0. The highest BCUT2D eigenvalue weighted by molar-refractivity contribution is 5.67. The van der Waals surface area contributed by atoms with Gasteiger partial charge in [0, 0.05) is 11.8 Å². The number of rotatable bonds is 0. The Labute approximate surface area is 89.8 Å². The molecule has 0 N–H and O–H groups in total. The third kappa shape index (κ3) is 1.44. The molecule has 0 radical (unpaired) electrons. The van der Waals surface area contributed by atoms with Gasteiger partial charge in [-0.15, -0.1) is 0 Å². The fourth-order valence-electron chi connectivity index (χ4n) is 2.32. The zero-order chi connectivity index (χ0) is 10.1. The van der Waals surface area contributed by atoms with Crippen molar-refractivity contribution >= 4 is 0 Å². The molecule has 0 spiro atoms. The molecule has 0 unspecified atom stereocenters. The normalized spacial score (nSPS) is 13.9. The van der Waals surface area contributed by atoms with E-state index in [0.717, 1.165) is 6.42 Å². The minimum absolute atomic E-state index is 1.15. The van der Waals surface area contributed by atoms with Crippen LogP contribution in [0.5, 0.6) is 0 Å². The van der Waals surface area contributed by atoms with Crippen LogP contribution in [0.3, 0.4) is 0 Å². The Hall–Kier alpha value is -1.63. The van der Waals surface area contributed by atoms with Crippen molar-refractivity contribution in [1.29, 1.82) is 0 Å². The number of hydrogen-bond donors (Lipinski definition) is 0. The molecule has 0 bridgehead atoms. The van der Waals surface area contributed by atoms with E-state index in [9.17, 15) is 0 Å². The van der Waals surface area contributed by atoms with Crippen molar-refractivity contribution in [3.8, 4) is 11.3 Å². The highest BCUT2D eigenvalue weighted by Crippen LogP contribution is 2.29. The largest absolute Gasteiger partial charge is 0.256 e. The van der Waals surface area contributed by atoms with Gasteiger partial charge in [-0.05, 0) is 36.5 Å². The summed E-state index contributed by atoms with van der Waals surface area (Å²) in [6.07, 6.45) is 5.45. The molecule has 0 saturated heterocycles. The number of nitrogens with zero attached hydrogens (tertiary/aromatic N) is 1. The molecule has 1 heteroatoms. The summed E-state index contributed by atoms with van der Waals surface area (Å²) in [5.41, 5.74) is 5.34. The van der Waals surface area contributed by atoms with Crippen molar-refractivity contribution in [3.05, 3.63) is 53.7 Å². The van der Waals surface area contributed by atoms with E-state index < -0.39 is 0 Å². The zero-order valence-electron chi connectivity index (χ0n) is 8.61. The average Bonchev–Trinajstić information content (AvgIpc) is 2.48. The van der Waals surface area contributed by atoms with E-state index in [1.165, 1.54) is 35.2 Å². The molecular weight excluding hydrogens is 182 g/mol. The lowest BCUT2D eigenvalue weighted by Crippen LogP contribution is -1.90. The fourth-order valence-corrected chi connectivity index (χ4v) is 2.32. The molecule has 1 aliphatic rings. The van der Waals surface area contributed by atoms with Crippen LogP contribution in [-0.4, -0.2) is 4.98 Å². The molecule has 15 heavy (non-hydrogen) atoms. The van der Waals surface area contributed by atoms with E-state index >= 15 is 0 Å². The number of fused-ring (bicyclic) bond motifs is 3. The van der Waals surface area contributed by atoms with Crippen LogP contribution < -0.4 is 0 Å². The van der Waals surface area contributed by atoms with Gasteiger partial charge < -0.3 is 0 Å². The van der Waals surface area contributed by atoms with Crippen molar-refractivity contribution in [2.45, 2.75) is 19.3 Å². The quantitative estimate of drug-likeness (QED) is 0.629. The van der Waals surface area contributed by atoms with Crippen LogP contribution in [-0.2, 0) is 12.8 Å². The van der Waals surface area contributed by atoms with Gasteiger partial charge in [0.25, 0.3) is 0 Å². The molecule has 0 fully saturated rings. The van der Waals surface area contributed by atoms with E-state index in [4.69, 9.17) is 0 Å². The molecule has 0 atom stereocenters. The molecule has 0 saturated carbocycles. The lowest BCUT2D eigenvalue weighted by atomic mass is 10.0. The highest BCUT2D eigenvalue weighted by atomic mass is 14.7. The molecule has 0 aliphatic heterocycles. The Morgan fingerprint density at radius 1 is 0.867 bits per heavy atom. The van der Waals surface area contributed by atoms with E-state index in [-0.39, 0.29) is 0 Å². The SMILES string of the molecule is c1ccc2c(c1)CCCc1cccnc1-2. The first kappa shape index (κ1) is 8.66. The number of pyridine rings is 1. The maximum atomic E-state index is 4.52. The maximum absolute atomic E-state index is 4.52. The zero-order valence-corrected chi connectivity index (χ0v) is 8.61. The number of benzene rings is 1. The Morgan fingerprint density at radius 2 is 1.67 bits per heavy atom. The van der Waals surface area contributed by atoms with Gasteiger partial charge in [0.15, 0.2) is 0 Å². The maximum Gasteiger partial charge on any atom is 0.0736 e. The van der Waals surface area contributed by atoms with Crippen LogP contribution in [0.2, 0.25) is 0 Å². The summed E-state index contributed by atoms with van der Waals surface area (Å²) in [4.78, 5) is 4.52. The molecule has 74 valence electrons. The number of hydrogen-bond acceptors (Lipinski definition) is 1. The van der Waals surface area contributed by atoms with Gasteiger partial charge in [0.1, 0.15) is 0 Å². The summed E-state index contributed by atoms with van der Waals surface area (Å²) < 4.78 is 0. The Morgan fingerprint density at radius 3 is 2.67 bits per heavy atom. The second kappa shape index (κ2) is 3.50. The first-order valence-corrected chi connectivity index (χ1v) is 5.47. The summed E-state index contributed by atoms with van der Waals surface area (Å²) in [7, 11) is 0. The van der Waals surface area contributed by atoms with Crippen LogP contribution in [0, 0.1) is 0 Å². The van der Waals surface area contributed by atoms with Gasteiger partial charge >= 0.3 is 0 Å². The van der Waals surface area contributed by atoms with Gasteiger partial charge in [-0.25, -0.2) is 0 Å². The Bertz CT molecular complexity index is 443. The topological polar surface area (TPSA) is 12.9 Å². The van der Waals surface area contributed by atoms with E-state index in [1.807, 2.05) is 12.3 Å². The van der Waals surface area contributed by atoms with Gasteiger partial charge in [0.2, 0.25) is 0 Å². The Balaban J connectivity index is 2.27. The Kier molecular flexibility index (Phi) is 2.02. The summed E-state index contributed by atoms with van der Waals surface area (Å²) in [6.45, 7) is 0. The molecule has 1 heterocycles. The lowest BCUT2D eigenvalue weighted by molar-refractivity contribution is 0.833. The predicted molar refractivity (Wildman–Crippen MR) is 61.7 cm³/mol.